The molecule has 3 aromatic rings. The Balaban J connectivity index is 1.47. The highest BCUT2D eigenvalue weighted by molar-refractivity contribution is 6.08. The largest absolute Gasteiger partial charge is 0.489 e. The van der Waals surface area contributed by atoms with E-state index in [1.54, 1.807) is 30.3 Å². The maximum Gasteiger partial charge on any atom is 0.233 e. The van der Waals surface area contributed by atoms with Crippen LogP contribution < -0.4 is 15.4 Å². The third-order valence-electron chi connectivity index (χ3n) is 4.13. The molecule has 0 saturated heterocycles. The van der Waals surface area contributed by atoms with Crippen LogP contribution in [-0.4, -0.2) is 11.8 Å². The maximum atomic E-state index is 12.1. The van der Waals surface area contributed by atoms with Crippen molar-refractivity contribution in [1.82, 2.24) is 0 Å². The number of rotatable bonds is 7. The maximum absolute atomic E-state index is 12.1. The first kappa shape index (κ1) is 19.2. The van der Waals surface area contributed by atoms with Crippen molar-refractivity contribution in [3.8, 4) is 5.75 Å². The van der Waals surface area contributed by atoms with Gasteiger partial charge in [-0.05, 0) is 48.4 Å². The molecule has 5 nitrogen and oxygen atoms in total. The zero-order valence-corrected chi connectivity index (χ0v) is 15.6. The smallest absolute Gasteiger partial charge is 0.233 e. The van der Waals surface area contributed by atoms with Crippen molar-refractivity contribution in [3.63, 3.8) is 0 Å². The van der Waals surface area contributed by atoms with Gasteiger partial charge in [-0.2, -0.15) is 0 Å². The van der Waals surface area contributed by atoms with E-state index in [0.29, 0.717) is 23.7 Å². The molecule has 3 rings (SSSR count). The molecular formula is C23H22N2O3. The van der Waals surface area contributed by atoms with Crippen molar-refractivity contribution < 1.29 is 14.3 Å². The van der Waals surface area contributed by atoms with Crippen LogP contribution in [0.15, 0.2) is 78.9 Å². The summed E-state index contributed by atoms with van der Waals surface area (Å²) >= 11 is 0. The van der Waals surface area contributed by atoms with Gasteiger partial charge in [0, 0.05) is 11.4 Å². The second-order valence-corrected chi connectivity index (χ2v) is 6.39. The van der Waals surface area contributed by atoms with Crippen LogP contribution in [-0.2, 0) is 16.2 Å². The minimum atomic E-state index is -0.371. The van der Waals surface area contributed by atoms with E-state index in [-0.39, 0.29) is 18.2 Å². The Morgan fingerprint density at radius 3 is 2.14 bits per heavy atom. The van der Waals surface area contributed by atoms with Gasteiger partial charge >= 0.3 is 0 Å². The number of carbonyl (C=O) groups is 2. The van der Waals surface area contributed by atoms with Crippen molar-refractivity contribution in [2.75, 3.05) is 10.6 Å². The summed E-state index contributed by atoms with van der Waals surface area (Å²) in [5, 5.41) is 5.47. The second-order valence-electron chi connectivity index (χ2n) is 6.39. The Bertz CT molecular complexity index is 938. The molecule has 0 fully saturated rings. The third kappa shape index (κ3) is 5.71. The van der Waals surface area contributed by atoms with E-state index < -0.39 is 0 Å². The summed E-state index contributed by atoms with van der Waals surface area (Å²) in [7, 11) is 0. The molecule has 0 bridgehead atoms. The standard InChI is InChI=1S/C23H22N2O3/c1-17-7-5-6-10-21(17)25-23(27)15-22(26)24-19-11-13-20(14-12-19)28-16-18-8-3-2-4-9-18/h2-14H,15-16H2,1H3,(H,24,26)(H,25,27). The van der Waals surface area contributed by atoms with Crippen LogP contribution in [0.25, 0.3) is 0 Å². The number of para-hydroxylation sites is 1. The summed E-state index contributed by atoms with van der Waals surface area (Å²) < 4.78 is 5.72. The van der Waals surface area contributed by atoms with Gasteiger partial charge in [0.05, 0.1) is 0 Å². The van der Waals surface area contributed by atoms with Crippen LogP contribution in [0.1, 0.15) is 17.5 Å². The minimum Gasteiger partial charge on any atom is -0.489 e. The number of carbonyl (C=O) groups excluding carboxylic acids is 2. The molecule has 0 atom stereocenters. The fourth-order valence-corrected chi connectivity index (χ4v) is 2.63. The molecule has 0 radical (unpaired) electrons. The molecule has 28 heavy (non-hydrogen) atoms. The van der Waals surface area contributed by atoms with Crippen molar-refractivity contribution in [2.45, 2.75) is 20.0 Å². The van der Waals surface area contributed by atoms with E-state index in [1.165, 1.54) is 0 Å². The molecule has 142 valence electrons. The van der Waals surface area contributed by atoms with Crippen LogP contribution in [0.5, 0.6) is 5.75 Å². The fourth-order valence-electron chi connectivity index (χ4n) is 2.63. The van der Waals surface area contributed by atoms with E-state index in [9.17, 15) is 9.59 Å². The molecule has 0 spiro atoms. The summed E-state index contributed by atoms with van der Waals surface area (Å²) in [5.74, 6) is -0.0159. The Kier molecular flexibility index (Phi) is 6.41. The number of nitrogens with one attached hydrogen (secondary N) is 2. The molecule has 5 heteroatoms. The van der Waals surface area contributed by atoms with Crippen LogP contribution in [0.2, 0.25) is 0 Å². The van der Waals surface area contributed by atoms with Gasteiger partial charge in [0.2, 0.25) is 11.8 Å². The molecule has 0 aliphatic carbocycles. The van der Waals surface area contributed by atoms with Crippen LogP contribution in [0.4, 0.5) is 11.4 Å². The topological polar surface area (TPSA) is 67.4 Å². The lowest BCUT2D eigenvalue weighted by molar-refractivity contribution is -0.123. The Hall–Kier alpha value is -3.60. The predicted molar refractivity (Wildman–Crippen MR) is 110 cm³/mol. The number of amides is 2. The van der Waals surface area contributed by atoms with Gasteiger partial charge in [-0.3, -0.25) is 9.59 Å². The van der Waals surface area contributed by atoms with E-state index >= 15 is 0 Å². The number of aryl methyl sites for hydroxylation is 1. The normalized spacial score (nSPS) is 10.2. The highest BCUT2D eigenvalue weighted by Gasteiger charge is 2.11. The summed E-state index contributed by atoms with van der Waals surface area (Å²) in [6.07, 6.45) is -0.249. The average molecular weight is 374 g/mol. The van der Waals surface area contributed by atoms with E-state index in [2.05, 4.69) is 10.6 Å². The summed E-state index contributed by atoms with van der Waals surface area (Å²) in [6.45, 7) is 2.38. The highest BCUT2D eigenvalue weighted by atomic mass is 16.5. The van der Waals surface area contributed by atoms with Crippen molar-refractivity contribution in [3.05, 3.63) is 90.0 Å². The Morgan fingerprint density at radius 1 is 0.786 bits per heavy atom. The first-order valence-corrected chi connectivity index (χ1v) is 9.02. The van der Waals surface area contributed by atoms with Gasteiger partial charge in [-0.1, -0.05) is 48.5 Å². The molecular weight excluding hydrogens is 352 g/mol. The van der Waals surface area contributed by atoms with E-state index in [4.69, 9.17) is 4.74 Å². The van der Waals surface area contributed by atoms with Gasteiger partial charge in [0.1, 0.15) is 18.8 Å². The minimum absolute atomic E-state index is 0.249. The quantitative estimate of drug-likeness (QED) is 0.597. The predicted octanol–water partition coefficient (Wildman–Crippen LogP) is 4.54. The first-order valence-electron chi connectivity index (χ1n) is 9.02. The fraction of sp³-hybridized carbons (Fsp3) is 0.130. The van der Waals surface area contributed by atoms with Crippen LogP contribution in [0.3, 0.4) is 0 Å². The monoisotopic (exact) mass is 374 g/mol. The molecule has 0 aromatic heterocycles. The Labute approximate surface area is 164 Å². The van der Waals surface area contributed by atoms with Gasteiger partial charge in [-0.25, -0.2) is 0 Å². The number of ether oxygens (including phenoxy) is 1. The average Bonchev–Trinajstić information content (AvgIpc) is 2.70. The van der Waals surface area contributed by atoms with Crippen molar-refractivity contribution in [2.24, 2.45) is 0 Å². The van der Waals surface area contributed by atoms with Crippen LogP contribution >= 0.6 is 0 Å². The lowest BCUT2D eigenvalue weighted by atomic mass is 10.2. The zero-order chi connectivity index (χ0) is 19.8. The molecule has 0 saturated carbocycles. The molecule has 0 heterocycles. The van der Waals surface area contributed by atoms with Crippen molar-refractivity contribution >= 4 is 23.2 Å². The highest BCUT2D eigenvalue weighted by Crippen LogP contribution is 2.18. The summed E-state index contributed by atoms with van der Waals surface area (Å²) in [4.78, 5) is 24.1. The number of hydrogen-bond acceptors (Lipinski definition) is 3. The van der Waals surface area contributed by atoms with Crippen molar-refractivity contribution in [1.29, 1.82) is 0 Å². The van der Waals surface area contributed by atoms with Crippen LogP contribution in [0, 0.1) is 6.92 Å². The third-order valence-corrected chi connectivity index (χ3v) is 4.13. The molecule has 2 amide bonds. The molecule has 0 aliphatic heterocycles. The second kappa shape index (κ2) is 9.37. The van der Waals surface area contributed by atoms with Gasteiger partial charge in [-0.15, -0.1) is 0 Å². The van der Waals surface area contributed by atoms with Gasteiger partial charge < -0.3 is 15.4 Å². The van der Waals surface area contributed by atoms with Gasteiger partial charge in [0.25, 0.3) is 0 Å². The van der Waals surface area contributed by atoms with Gasteiger partial charge in [0.15, 0.2) is 0 Å². The number of benzene rings is 3. The molecule has 0 aliphatic rings. The molecule has 0 unspecified atom stereocenters. The summed E-state index contributed by atoms with van der Waals surface area (Å²) in [6, 6.07) is 24.4. The lowest BCUT2D eigenvalue weighted by Crippen LogP contribution is -2.21. The lowest BCUT2D eigenvalue weighted by Gasteiger charge is -2.10. The number of hydrogen-bond donors (Lipinski definition) is 2. The SMILES string of the molecule is Cc1ccccc1NC(=O)CC(=O)Nc1ccc(OCc2ccccc2)cc1. The summed E-state index contributed by atoms with van der Waals surface area (Å²) in [5.41, 5.74) is 3.35. The van der Waals surface area contributed by atoms with E-state index in [0.717, 1.165) is 11.1 Å². The zero-order valence-electron chi connectivity index (χ0n) is 15.6. The molecule has 3 aromatic carbocycles. The molecule has 2 N–H and O–H groups in total. The first-order chi connectivity index (χ1) is 13.6. The Morgan fingerprint density at radius 2 is 1.43 bits per heavy atom. The number of anilines is 2. The van der Waals surface area contributed by atoms with E-state index in [1.807, 2.05) is 55.5 Å².